The molecule has 4 aromatic rings. The average Bonchev–Trinajstić information content (AvgIpc) is 3.51. The maximum atomic E-state index is 13.9. The van der Waals surface area contributed by atoms with E-state index in [0.717, 1.165) is 30.0 Å². The van der Waals surface area contributed by atoms with Gasteiger partial charge in [0.15, 0.2) is 5.43 Å². The maximum absolute atomic E-state index is 13.9. The molecule has 1 fully saturated rings. The van der Waals surface area contributed by atoms with Crippen LogP contribution in [0.2, 0.25) is 0 Å². The van der Waals surface area contributed by atoms with Crippen LogP contribution in [0.5, 0.6) is 0 Å². The van der Waals surface area contributed by atoms with Crippen LogP contribution in [-0.2, 0) is 4.74 Å². The van der Waals surface area contributed by atoms with Gasteiger partial charge in [-0.15, -0.1) is 0 Å². The largest absolute Gasteiger partial charge is 0.468 e. The van der Waals surface area contributed by atoms with Crippen LogP contribution in [0.1, 0.15) is 45.1 Å². The average molecular weight is 471 g/mol. The maximum Gasteiger partial charge on any atom is 0.290 e. The molecular formula is C28H26N2O5. The number of para-hydroxylation sites is 1. The summed E-state index contributed by atoms with van der Waals surface area (Å²) >= 11 is 0. The summed E-state index contributed by atoms with van der Waals surface area (Å²) in [6, 6.07) is 18.2. The first-order chi connectivity index (χ1) is 17.1. The van der Waals surface area contributed by atoms with Crippen molar-refractivity contribution < 1.29 is 18.4 Å². The summed E-state index contributed by atoms with van der Waals surface area (Å²) in [5.74, 6) is 0.625. The van der Waals surface area contributed by atoms with Crippen molar-refractivity contribution in [2.45, 2.75) is 19.0 Å². The van der Waals surface area contributed by atoms with Gasteiger partial charge in [0.1, 0.15) is 11.3 Å². The van der Waals surface area contributed by atoms with Gasteiger partial charge in [0.05, 0.1) is 42.5 Å². The molecule has 0 N–H and O–H groups in total. The van der Waals surface area contributed by atoms with E-state index in [2.05, 4.69) is 4.90 Å². The molecule has 4 heterocycles. The fourth-order valence-corrected chi connectivity index (χ4v) is 5.19. The van der Waals surface area contributed by atoms with Crippen LogP contribution in [0.3, 0.4) is 0 Å². The molecule has 2 aromatic carbocycles. The van der Waals surface area contributed by atoms with Gasteiger partial charge < -0.3 is 18.5 Å². The number of nitrogens with zero attached hydrogens (tertiary/aromatic N) is 2. The highest BCUT2D eigenvalue weighted by Crippen LogP contribution is 2.40. The summed E-state index contributed by atoms with van der Waals surface area (Å²) in [5, 5.41) is 0.480. The molecule has 0 saturated carbocycles. The Morgan fingerprint density at radius 3 is 2.49 bits per heavy atom. The molecule has 0 radical (unpaired) electrons. The Hall–Kier alpha value is -3.68. The van der Waals surface area contributed by atoms with Gasteiger partial charge in [0, 0.05) is 19.6 Å². The molecule has 35 heavy (non-hydrogen) atoms. The third kappa shape index (κ3) is 3.77. The molecule has 7 nitrogen and oxygen atoms in total. The third-order valence-electron chi connectivity index (χ3n) is 6.99. The summed E-state index contributed by atoms with van der Waals surface area (Å²) in [4.78, 5) is 31.6. The van der Waals surface area contributed by atoms with Crippen LogP contribution in [0, 0.1) is 6.92 Å². The predicted molar refractivity (Wildman–Crippen MR) is 130 cm³/mol. The smallest absolute Gasteiger partial charge is 0.290 e. The predicted octanol–water partition coefficient (Wildman–Crippen LogP) is 4.31. The molecule has 7 heteroatoms. The van der Waals surface area contributed by atoms with Crippen molar-refractivity contribution in [3.8, 4) is 0 Å². The van der Waals surface area contributed by atoms with E-state index in [-0.39, 0.29) is 23.1 Å². The van der Waals surface area contributed by atoms with Gasteiger partial charge in [0.25, 0.3) is 5.91 Å². The highest BCUT2D eigenvalue weighted by molar-refractivity contribution is 5.99. The van der Waals surface area contributed by atoms with E-state index < -0.39 is 6.04 Å². The van der Waals surface area contributed by atoms with Crippen molar-refractivity contribution in [1.29, 1.82) is 0 Å². The van der Waals surface area contributed by atoms with E-state index in [9.17, 15) is 9.59 Å². The number of amides is 1. The van der Waals surface area contributed by atoms with E-state index in [1.807, 2.05) is 49.4 Å². The second kappa shape index (κ2) is 8.83. The molecule has 2 atom stereocenters. The van der Waals surface area contributed by atoms with Crippen LogP contribution < -0.4 is 5.43 Å². The van der Waals surface area contributed by atoms with Crippen LogP contribution in [0.25, 0.3) is 11.0 Å². The van der Waals surface area contributed by atoms with Crippen molar-refractivity contribution in [2.24, 2.45) is 0 Å². The molecule has 0 aliphatic carbocycles. The van der Waals surface area contributed by atoms with Crippen molar-refractivity contribution in [2.75, 3.05) is 32.8 Å². The monoisotopic (exact) mass is 470 g/mol. The summed E-state index contributed by atoms with van der Waals surface area (Å²) < 4.78 is 17.4. The summed E-state index contributed by atoms with van der Waals surface area (Å²) in [6.45, 7) is 5.08. The molecule has 2 aliphatic heterocycles. The van der Waals surface area contributed by atoms with Crippen LogP contribution in [-0.4, -0.2) is 48.6 Å². The standard InChI is InChI=1S/C28H26N2O5/c1-18-8-10-19(11-9-18)25-24-26(31)20-5-2-3-6-22(20)35-27(24)28(32)30(25)17-21(23-7-4-14-34-23)29-12-15-33-16-13-29/h2-11,14,21,25H,12-13,15-17H2,1H3. The third-order valence-corrected chi connectivity index (χ3v) is 6.99. The Morgan fingerprint density at radius 2 is 1.74 bits per heavy atom. The van der Waals surface area contributed by atoms with Crippen molar-refractivity contribution in [1.82, 2.24) is 9.80 Å². The highest BCUT2D eigenvalue weighted by atomic mass is 16.5. The summed E-state index contributed by atoms with van der Waals surface area (Å²) in [5.41, 5.74) is 2.65. The van der Waals surface area contributed by atoms with Gasteiger partial charge in [-0.1, -0.05) is 42.0 Å². The Morgan fingerprint density at radius 1 is 0.971 bits per heavy atom. The molecule has 2 aliphatic rings. The Labute approximate surface area is 202 Å². The number of carbonyl (C=O) groups excluding carboxylic acids is 1. The Bertz CT molecular complexity index is 1420. The zero-order valence-corrected chi connectivity index (χ0v) is 19.5. The lowest BCUT2D eigenvalue weighted by Gasteiger charge is -2.37. The van der Waals surface area contributed by atoms with Gasteiger partial charge in [-0.2, -0.15) is 0 Å². The number of fused-ring (bicyclic) bond motifs is 2. The van der Waals surface area contributed by atoms with Crippen LogP contribution in [0.4, 0.5) is 0 Å². The van der Waals surface area contributed by atoms with E-state index in [0.29, 0.717) is 36.3 Å². The fourth-order valence-electron chi connectivity index (χ4n) is 5.19. The minimum Gasteiger partial charge on any atom is -0.468 e. The molecule has 2 unspecified atom stereocenters. The lowest BCUT2D eigenvalue weighted by atomic mass is 9.97. The summed E-state index contributed by atoms with van der Waals surface area (Å²) in [6.07, 6.45) is 1.65. The number of hydrogen-bond donors (Lipinski definition) is 0. The molecule has 6 rings (SSSR count). The van der Waals surface area contributed by atoms with Gasteiger partial charge in [0.2, 0.25) is 5.76 Å². The van der Waals surface area contributed by atoms with Crippen molar-refractivity contribution in [3.05, 3.63) is 105 Å². The van der Waals surface area contributed by atoms with E-state index in [1.54, 1.807) is 29.4 Å². The molecule has 1 amide bonds. The van der Waals surface area contributed by atoms with Gasteiger partial charge in [-0.25, -0.2) is 0 Å². The molecule has 1 saturated heterocycles. The van der Waals surface area contributed by atoms with Crippen molar-refractivity contribution >= 4 is 16.9 Å². The zero-order chi connectivity index (χ0) is 23.9. The molecule has 0 bridgehead atoms. The summed E-state index contributed by atoms with van der Waals surface area (Å²) in [7, 11) is 0. The number of carbonyl (C=O) groups is 1. The van der Waals surface area contributed by atoms with Gasteiger partial charge in [-0.05, 0) is 36.8 Å². The number of morpholine rings is 1. The molecular weight excluding hydrogens is 444 g/mol. The highest BCUT2D eigenvalue weighted by Gasteiger charge is 2.44. The fraction of sp³-hybridized carbons (Fsp3) is 0.286. The number of hydrogen-bond acceptors (Lipinski definition) is 6. The number of aryl methyl sites for hydroxylation is 1. The Kier molecular flexibility index (Phi) is 5.51. The quantitative estimate of drug-likeness (QED) is 0.433. The zero-order valence-electron chi connectivity index (χ0n) is 19.5. The second-order valence-electron chi connectivity index (χ2n) is 9.12. The van der Waals surface area contributed by atoms with Crippen LogP contribution in [0.15, 0.2) is 80.6 Å². The first kappa shape index (κ1) is 21.8. The SMILES string of the molecule is Cc1ccc(C2c3c(oc4ccccc4c3=O)C(=O)N2CC(c2ccco2)N2CCOCC2)cc1. The number of ether oxygens (including phenoxy) is 1. The van der Waals surface area contributed by atoms with Gasteiger partial charge in [-0.3, -0.25) is 14.5 Å². The van der Waals surface area contributed by atoms with Crippen LogP contribution >= 0.6 is 0 Å². The lowest BCUT2D eigenvalue weighted by Crippen LogP contribution is -2.44. The normalized spacial score (nSPS) is 19.3. The van der Waals surface area contributed by atoms with E-state index in [1.165, 1.54) is 0 Å². The first-order valence-electron chi connectivity index (χ1n) is 11.9. The topological polar surface area (TPSA) is 76.1 Å². The number of rotatable bonds is 5. The van der Waals surface area contributed by atoms with E-state index >= 15 is 0 Å². The van der Waals surface area contributed by atoms with Gasteiger partial charge >= 0.3 is 0 Å². The van der Waals surface area contributed by atoms with Crippen molar-refractivity contribution in [3.63, 3.8) is 0 Å². The second-order valence-corrected chi connectivity index (χ2v) is 9.12. The molecule has 178 valence electrons. The van der Waals surface area contributed by atoms with E-state index in [4.69, 9.17) is 13.6 Å². The number of benzene rings is 2. The lowest BCUT2D eigenvalue weighted by molar-refractivity contribution is 0.00182. The Balaban J connectivity index is 1.49. The minimum atomic E-state index is -0.544. The first-order valence-corrected chi connectivity index (χ1v) is 11.9. The minimum absolute atomic E-state index is 0.124. The molecule has 0 spiro atoms. The molecule has 2 aromatic heterocycles. The number of furan rings is 1.